The van der Waals surface area contributed by atoms with Gasteiger partial charge in [-0.2, -0.15) is 17.0 Å². The molecule has 0 amide bonds. The van der Waals surface area contributed by atoms with E-state index in [2.05, 4.69) is 16.8 Å². The Morgan fingerprint density at radius 2 is 1.79 bits per heavy atom. The van der Waals surface area contributed by atoms with Crippen LogP contribution >= 0.6 is 0 Å². The van der Waals surface area contributed by atoms with E-state index in [4.69, 9.17) is 0 Å². The highest BCUT2D eigenvalue weighted by molar-refractivity contribution is 7.86. The lowest BCUT2D eigenvalue weighted by atomic mass is 10.0. The molecule has 2 saturated heterocycles. The third-order valence-electron chi connectivity index (χ3n) is 6.19. The monoisotopic (exact) mass is 424 g/mol. The van der Waals surface area contributed by atoms with Gasteiger partial charge >= 0.3 is 0 Å². The average molecular weight is 425 g/mol. The van der Waals surface area contributed by atoms with Crippen LogP contribution in [0.2, 0.25) is 0 Å². The first kappa shape index (κ1) is 20.7. The Kier molecular flexibility index (Phi) is 5.94. The zero-order chi connectivity index (χ0) is 20.6. The Morgan fingerprint density at radius 3 is 2.48 bits per heavy atom. The Hall–Kier alpha value is -1.52. The minimum Gasteiger partial charge on any atom is -0.387 e. The van der Waals surface area contributed by atoms with Crippen LogP contribution in [-0.4, -0.2) is 77.8 Å². The van der Waals surface area contributed by atoms with Crippen molar-refractivity contribution in [3.63, 3.8) is 0 Å². The Morgan fingerprint density at radius 1 is 1.14 bits per heavy atom. The van der Waals surface area contributed by atoms with Crippen molar-refractivity contribution in [1.82, 2.24) is 18.5 Å². The molecule has 0 radical (unpaired) electrons. The second-order valence-electron chi connectivity index (χ2n) is 8.24. The zero-order valence-corrected chi connectivity index (χ0v) is 17.5. The molecule has 2 aliphatic rings. The highest BCUT2D eigenvalue weighted by Crippen LogP contribution is 2.26. The highest BCUT2D eigenvalue weighted by Gasteiger charge is 2.34. The molecule has 9 heteroatoms. The van der Waals surface area contributed by atoms with Crippen molar-refractivity contribution in [1.29, 1.82) is 0 Å². The molecular weight excluding hydrogens is 395 g/mol. The van der Waals surface area contributed by atoms with Crippen LogP contribution in [-0.2, 0) is 10.2 Å². The molecular formula is C20H29FN4O3S. The lowest BCUT2D eigenvalue weighted by Gasteiger charge is -2.38. The molecule has 0 saturated carbocycles. The Labute approximate surface area is 171 Å². The number of β-amino-alcohol motifs (C(OH)–C–C–N with tert-alkyl or cyclic N) is 1. The fourth-order valence-electron chi connectivity index (χ4n) is 4.25. The summed E-state index contributed by atoms with van der Waals surface area (Å²) in [6.07, 6.45) is 2.78. The summed E-state index contributed by atoms with van der Waals surface area (Å²) >= 11 is 0. The van der Waals surface area contributed by atoms with Gasteiger partial charge in [0.05, 0.1) is 6.10 Å². The number of H-pyrrole nitrogens is 1. The van der Waals surface area contributed by atoms with Crippen LogP contribution in [0.25, 0.3) is 10.9 Å². The summed E-state index contributed by atoms with van der Waals surface area (Å²) in [5.41, 5.74) is 1.45. The number of hydrogen-bond acceptors (Lipinski definition) is 4. The van der Waals surface area contributed by atoms with Crippen LogP contribution in [0.1, 0.15) is 31.4 Å². The second kappa shape index (κ2) is 8.31. The smallest absolute Gasteiger partial charge is 0.282 e. The number of nitrogens with zero attached hydrogens (tertiary/aromatic N) is 3. The predicted octanol–water partition coefficient (Wildman–Crippen LogP) is 1.93. The first-order chi connectivity index (χ1) is 13.8. The minimum absolute atomic E-state index is 0.337. The number of hydrogen-bond donors (Lipinski definition) is 2. The number of halogens is 1. The number of benzene rings is 1. The van der Waals surface area contributed by atoms with Gasteiger partial charge in [-0.1, -0.05) is 6.92 Å². The molecule has 4 rings (SSSR count). The van der Waals surface area contributed by atoms with Crippen LogP contribution in [0.15, 0.2) is 24.4 Å². The third-order valence-corrected chi connectivity index (χ3v) is 8.23. The molecule has 2 N–H and O–H groups in total. The van der Waals surface area contributed by atoms with Gasteiger partial charge < -0.3 is 10.1 Å². The molecule has 1 atom stereocenters. The predicted molar refractivity (Wildman–Crippen MR) is 110 cm³/mol. The topological polar surface area (TPSA) is 79.9 Å². The van der Waals surface area contributed by atoms with Gasteiger partial charge in [-0.25, -0.2) is 4.39 Å². The van der Waals surface area contributed by atoms with Crippen molar-refractivity contribution in [2.45, 2.75) is 25.9 Å². The van der Waals surface area contributed by atoms with E-state index in [-0.39, 0.29) is 5.82 Å². The van der Waals surface area contributed by atoms with E-state index in [1.54, 1.807) is 20.9 Å². The number of aliphatic hydroxyl groups excluding tert-OH is 1. The number of aliphatic hydroxyl groups is 1. The number of nitrogens with one attached hydrogen (secondary N) is 1. The minimum atomic E-state index is -3.41. The summed E-state index contributed by atoms with van der Waals surface area (Å²) in [6.45, 7) is 5.72. The van der Waals surface area contributed by atoms with Crippen molar-refractivity contribution in [2.75, 3.05) is 45.8 Å². The number of rotatable bonds is 5. The SMILES string of the molecule is CC1CCN(S(=O)(=O)N2CCN(C[C@@H](O)c3c[nH]c4ccc(F)cc34)CC2)CC1. The number of piperazine rings is 1. The van der Waals surface area contributed by atoms with Crippen LogP contribution in [0.5, 0.6) is 0 Å². The van der Waals surface area contributed by atoms with Gasteiger partial charge in [0.2, 0.25) is 0 Å². The molecule has 1 aromatic carbocycles. The summed E-state index contributed by atoms with van der Waals surface area (Å²) in [6, 6.07) is 4.47. The molecule has 0 aliphatic carbocycles. The van der Waals surface area contributed by atoms with Crippen LogP contribution < -0.4 is 0 Å². The molecule has 2 aliphatic heterocycles. The maximum Gasteiger partial charge on any atom is 0.282 e. The number of aromatic amines is 1. The normalized spacial score (nSPS) is 22.3. The summed E-state index contributed by atoms with van der Waals surface area (Å²) in [5.74, 6) is 0.245. The van der Waals surface area contributed by atoms with E-state index in [9.17, 15) is 17.9 Å². The lowest BCUT2D eigenvalue weighted by molar-refractivity contribution is 0.0911. The summed E-state index contributed by atoms with van der Waals surface area (Å²) in [5, 5.41) is 11.4. The van der Waals surface area contributed by atoms with E-state index in [0.29, 0.717) is 62.7 Å². The fourth-order valence-corrected chi connectivity index (χ4v) is 5.88. The first-order valence-corrected chi connectivity index (χ1v) is 11.7. The maximum atomic E-state index is 13.6. The van der Waals surface area contributed by atoms with Crippen LogP contribution in [0, 0.1) is 11.7 Å². The van der Waals surface area contributed by atoms with Gasteiger partial charge in [-0.15, -0.1) is 0 Å². The van der Waals surface area contributed by atoms with Crippen LogP contribution in [0.3, 0.4) is 0 Å². The molecule has 3 heterocycles. The lowest BCUT2D eigenvalue weighted by Crippen LogP contribution is -2.54. The molecule has 1 aromatic heterocycles. The fraction of sp³-hybridized carbons (Fsp3) is 0.600. The van der Waals surface area contributed by atoms with E-state index >= 15 is 0 Å². The maximum absolute atomic E-state index is 13.6. The number of fused-ring (bicyclic) bond motifs is 1. The van der Waals surface area contributed by atoms with Crippen LogP contribution in [0.4, 0.5) is 4.39 Å². The quantitative estimate of drug-likeness (QED) is 0.769. The number of aromatic nitrogens is 1. The third kappa shape index (κ3) is 4.34. The largest absolute Gasteiger partial charge is 0.387 e. The molecule has 0 bridgehead atoms. The molecule has 2 aromatic rings. The van der Waals surface area contributed by atoms with E-state index in [0.717, 1.165) is 18.4 Å². The molecule has 29 heavy (non-hydrogen) atoms. The highest BCUT2D eigenvalue weighted by atomic mass is 32.2. The average Bonchev–Trinajstić information content (AvgIpc) is 3.12. The molecule has 0 spiro atoms. The molecule has 7 nitrogen and oxygen atoms in total. The van der Waals surface area contributed by atoms with Gasteiger partial charge in [-0.3, -0.25) is 4.90 Å². The van der Waals surface area contributed by atoms with Crippen molar-refractivity contribution < 1.29 is 17.9 Å². The molecule has 2 fully saturated rings. The van der Waals surface area contributed by atoms with E-state index in [1.165, 1.54) is 12.1 Å². The van der Waals surface area contributed by atoms with Crippen molar-refractivity contribution in [2.24, 2.45) is 5.92 Å². The Bertz CT molecular complexity index is 948. The van der Waals surface area contributed by atoms with Gasteiger partial charge in [0.15, 0.2) is 0 Å². The van der Waals surface area contributed by atoms with Crippen molar-refractivity contribution >= 4 is 21.1 Å². The molecule has 160 valence electrons. The standard InChI is InChI=1S/C20H29FN4O3S/c1-15-4-6-24(7-5-15)29(27,28)25-10-8-23(9-11-25)14-20(26)18-13-22-19-3-2-16(21)12-17(18)19/h2-3,12-13,15,20,22,26H,4-11,14H2,1H3/t20-/m1/s1. The van der Waals surface area contributed by atoms with E-state index < -0.39 is 16.3 Å². The summed E-state index contributed by atoms with van der Waals surface area (Å²) < 4.78 is 42.5. The zero-order valence-electron chi connectivity index (χ0n) is 16.7. The van der Waals surface area contributed by atoms with Gasteiger partial charge in [0.25, 0.3) is 10.2 Å². The molecule has 0 unspecified atom stereocenters. The van der Waals surface area contributed by atoms with Gasteiger partial charge in [0, 0.05) is 68.5 Å². The second-order valence-corrected chi connectivity index (χ2v) is 10.2. The summed E-state index contributed by atoms with van der Waals surface area (Å²) in [7, 11) is -3.41. The van der Waals surface area contributed by atoms with Crippen molar-refractivity contribution in [3.05, 3.63) is 35.8 Å². The van der Waals surface area contributed by atoms with Crippen molar-refractivity contribution in [3.8, 4) is 0 Å². The van der Waals surface area contributed by atoms with Gasteiger partial charge in [-0.05, 0) is 37.0 Å². The summed E-state index contributed by atoms with van der Waals surface area (Å²) in [4.78, 5) is 5.12. The first-order valence-electron chi connectivity index (χ1n) is 10.3. The Balaban J connectivity index is 1.35. The van der Waals surface area contributed by atoms with E-state index in [1.807, 2.05) is 0 Å². The van der Waals surface area contributed by atoms with Gasteiger partial charge in [0.1, 0.15) is 5.82 Å². The number of piperidine rings is 1.